The number of aryl methyl sites for hydroxylation is 1. The van der Waals surface area contributed by atoms with Crippen molar-refractivity contribution in [1.82, 2.24) is 0 Å². The van der Waals surface area contributed by atoms with Crippen LogP contribution >= 0.6 is 0 Å². The molecule has 0 heterocycles. The van der Waals surface area contributed by atoms with Crippen LogP contribution in [0.5, 0.6) is 5.75 Å². The van der Waals surface area contributed by atoms with E-state index in [1.54, 1.807) is 18.3 Å². The van der Waals surface area contributed by atoms with Gasteiger partial charge in [0.25, 0.3) is 0 Å². The van der Waals surface area contributed by atoms with Crippen LogP contribution < -0.4 is 0 Å². The van der Waals surface area contributed by atoms with Crippen LogP contribution in [0.4, 0.5) is 5.69 Å². The molecule has 2 heteroatoms. The minimum Gasteiger partial charge on any atom is -0.507 e. The maximum absolute atomic E-state index is 9.62. The average molecular weight is 225 g/mol. The van der Waals surface area contributed by atoms with Crippen molar-refractivity contribution in [2.45, 2.75) is 13.8 Å². The summed E-state index contributed by atoms with van der Waals surface area (Å²) in [6.45, 7) is 4.11. The molecule has 86 valence electrons. The third kappa shape index (κ3) is 2.53. The van der Waals surface area contributed by atoms with Crippen molar-refractivity contribution >= 4 is 11.9 Å². The van der Waals surface area contributed by atoms with Gasteiger partial charge in [0.1, 0.15) is 5.75 Å². The second kappa shape index (κ2) is 4.83. The van der Waals surface area contributed by atoms with E-state index in [2.05, 4.69) is 18.0 Å². The van der Waals surface area contributed by atoms with Crippen LogP contribution in [-0.4, -0.2) is 11.3 Å². The minimum absolute atomic E-state index is 0.251. The lowest BCUT2D eigenvalue weighted by molar-refractivity contribution is 0.474. The fourth-order valence-corrected chi connectivity index (χ4v) is 1.61. The number of rotatable bonds is 2. The molecule has 2 rings (SSSR count). The summed E-state index contributed by atoms with van der Waals surface area (Å²) in [7, 11) is 0. The van der Waals surface area contributed by atoms with E-state index in [-0.39, 0.29) is 5.75 Å². The second-order valence-electron chi connectivity index (χ2n) is 4.04. The first kappa shape index (κ1) is 11.4. The maximum atomic E-state index is 9.62. The third-order valence-corrected chi connectivity index (χ3v) is 2.86. The van der Waals surface area contributed by atoms with Gasteiger partial charge >= 0.3 is 0 Å². The first-order valence-electron chi connectivity index (χ1n) is 5.57. The van der Waals surface area contributed by atoms with E-state index in [4.69, 9.17) is 0 Å². The summed E-state index contributed by atoms with van der Waals surface area (Å²) in [6, 6.07) is 13.2. The Balaban J connectivity index is 2.33. The first-order valence-corrected chi connectivity index (χ1v) is 5.57. The zero-order valence-corrected chi connectivity index (χ0v) is 10.0. The molecule has 0 aromatic heterocycles. The molecule has 0 atom stereocenters. The molecule has 2 aromatic carbocycles. The Morgan fingerprint density at radius 3 is 2.53 bits per heavy atom. The van der Waals surface area contributed by atoms with Gasteiger partial charge in [-0.05, 0) is 43.2 Å². The van der Waals surface area contributed by atoms with Gasteiger partial charge in [0.05, 0.1) is 5.69 Å². The summed E-state index contributed by atoms with van der Waals surface area (Å²) in [5.74, 6) is 0.251. The lowest BCUT2D eigenvalue weighted by atomic mass is 10.1. The number of para-hydroxylation sites is 1. The number of aliphatic imine (C=N–C) groups is 1. The third-order valence-electron chi connectivity index (χ3n) is 2.86. The van der Waals surface area contributed by atoms with E-state index in [1.807, 2.05) is 31.2 Å². The highest BCUT2D eigenvalue weighted by Crippen LogP contribution is 2.22. The molecule has 17 heavy (non-hydrogen) atoms. The minimum atomic E-state index is 0.251. The first-order chi connectivity index (χ1) is 8.18. The normalized spacial score (nSPS) is 10.9. The van der Waals surface area contributed by atoms with Gasteiger partial charge < -0.3 is 5.11 Å². The molecule has 0 aliphatic rings. The molecule has 2 aromatic rings. The van der Waals surface area contributed by atoms with Gasteiger partial charge in [-0.25, -0.2) is 0 Å². The van der Waals surface area contributed by atoms with Crippen LogP contribution in [0.1, 0.15) is 16.7 Å². The van der Waals surface area contributed by atoms with Crippen molar-refractivity contribution in [3.63, 3.8) is 0 Å². The highest BCUT2D eigenvalue weighted by Gasteiger charge is 1.99. The summed E-state index contributed by atoms with van der Waals surface area (Å²) in [4.78, 5) is 4.41. The molecular weight excluding hydrogens is 210 g/mol. The predicted octanol–water partition coefficient (Wildman–Crippen LogP) is 3.76. The zero-order valence-electron chi connectivity index (χ0n) is 10.0. The summed E-state index contributed by atoms with van der Waals surface area (Å²) < 4.78 is 0. The molecule has 0 radical (unpaired) electrons. The van der Waals surface area contributed by atoms with E-state index < -0.39 is 0 Å². The standard InChI is InChI=1S/C15H15NO/c1-11-6-5-8-14(12(11)2)16-10-13-7-3-4-9-15(13)17/h3-10,17H,1-2H3/b16-10+. The molecule has 0 spiro atoms. The van der Waals surface area contributed by atoms with Crippen LogP contribution in [0.2, 0.25) is 0 Å². The maximum Gasteiger partial charge on any atom is 0.124 e. The van der Waals surface area contributed by atoms with Crippen molar-refractivity contribution in [3.05, 3.63) is 59.2 Å². The summed E-state index contributed by atoms with van der Waals surface area (Å²) in [6.07, 6.45) is 1.69. The summed E-state index contributed by atoms with van der Waals surface area (Å²) >= 11 is 0. The monoisotopic (exact) mass is 225 g/mol. The molecule has 0 saturated heterocycles. The van der Waals surface area contributed by atoms with Crippen molar-refractivity contribution in [2.75, 3.05) is 0 Å². The van der Waals surface area contributed by atoms with Crippen molar-refractivity contribution in [2.24, 2.45) is 4.99 Å². The van der Waals surface area contributed by atoms with Crippen LogP contribution in [0.25, 0.3) is 0 Å². The Morgan fingerprint density at radius 2 is 1.76 bits per heavy atom. The molecular formula is C15H15NO. The van der Waals surface area contributed by atoms with E-state index in [0.717, 1.165) is 11.3 Å². The number of hydrogen-bond acceptors (Lipinski definition) is 2. The van der Waals surface area contributed by atoms with Crippen LogP contribution in [0.3, 0.4) is 0 Å². The van der Waals surface area contributed by atoms with Crippen LogP contribution in [0.15, 0.2) is 47.5 Å². The van der Waals surface area contributed by atoms with Gasteiger partial charge in [0.15, 0.2) is 0 Å². The SMILES string of the molecule is Cc1cccc(/N=C/c2ccccc2O)c1C. The number of phenols is 1. The molecule has 0 fully saturated rings. The zero-order chi connectivity index (χ0) is 12.3. The Kier molecular flexibility index (Phi) is 3.24. The Morgan fingerprint density at radius 1 is 1.00 bits per heavy atom. The number of benzene rings is 2. The molecule has 0 aliphatic heterocycles. The molecule has 0 aliphatic carbocycles. The topological polar surface area (TPSA) is 32.6 Å². The van der Waals surface area contributed by atoms with Gasteiger partial charge in [0, 0.05) is 11.8 Å². The Bertz CT molecular complexity index is 559. The molecule has 0 saturated carbocycles. The largest absolute Gasteiger partial charge is 0.507 e. The van der Waals surface area contributed by atoms with Gasteiger partial charge in [-0.2, -0.15) is 0 Å². The number of nitrogens with zero attached hydrogens (tertiary/aromatic N) is 1. The summed E-state index contributed by atoms with van der Waals surface area (Å²) in [5.41, 5.74) is 4.05. The number of phenolic OH excluding ortho intramolecular Hbond substituents is 1. The van der Waals surface area contributed by atoms with E-state index >= 15 is 0 Å². The lowest BCUT2D eigenvalue weighted by Gasteiger charge is -2.03. The van der Waals surface area contributed by atoms with Gasteiger partial charge in [-0.3, -0.25) is 4.99 Å². The highest BCUT2D eigenvalue weighted by atomic mass is 16.3. The van der Waals surface area contributed by atoms with Gasteiger partial charge in [-0.1, -0.05) is 24.3 Å². The van der Waals surface area contributed by atoms with E-state index in [0.29, 0.717) is 0 Å². The van der Waals surface area contributed by atoms with Crippen LogP contribution in [-0.2, 0) is 0 Å². The van der Waals surface area contributed by atoms with E-state index in [9.17, 15) is 5.11 Å². The van der Waals surface area contributed by atoms with Gasteiger partial charge in [0.2, 0.25) is 0 Å². The van der Waals surface area contributed by atoms with E-state index in [1.165, 1.54) is 11.1 Å². The van der Waals surface area contributed by atoms with Crippen molar-refractivity contribution in [1.29, 1.82) is 0 Å². The molecule has 0 unspecified atom stereocenters. The quantitative estimate of drug-likeness (QED) is 0.775. The Hall–Kier alpha value is -2.09. The highest BCUT2D eigenvalue weighted by molar-refractivity contribution is 5.85. The van der Waals surface area contributed by atoms with Gasteiger partial charge in [-0.15, -0.1) is 0 Å². The molecule has 1 N–H and O–H groups in total. The fourth-order valence-electron chi connectivity index (χ4n) is 1.61. The Labute approximate surface area is 101 Å². The van der Waals surface area contributed by atoms with Crippen molar-refractivity contribution in [3.8, 4) is 5.75 Å². The fraction of sp³-hybridized carbons (Fsp3) is 0.133. The predicted molar refractivity (Wildman–Crippen MR) is 71.3 cm³/mol. The second-order valence-corrected chi connectivity index (χ2v) is 4.04. The smallest absolute Gasteiger partial charge is 0.124 e. The average Bonchev–Trinajstić information content (AvgIpc) is 2.33. The lowest BCUT2D eigenvalue weighted by Crippen LogP contribution is -1.84. The molecule has 0 bridgehead atoms. The molecule has 0 amide bonds. The molecule has 2 nitrogen and oxygen atoms in total. The van der Waals surface area contributed by atoms with Crippen LogP contribution in [0, 0.1) is 13.8 Å². The number of aromatic hydroxyl groups is 1. The van der Waals surface area contributed by atoms with Crippen molar-refractivity contribution < 1.29 is 5.11 Å². The summed E-state index contributed by atoms with van der Waals surface area (Å²) in [5, 5.41) is 9.62. The number of hydrogen-bond donors (Lipinski definition) is 1.